The summed E-state index contributed by atoms with van der Waals surface area (Å²) < 4.78 is 9.96. The molecule has 0 radical (unpaired) electrons. The molecule has 0 aromatic heterocycles. The Balaban J connectivity index is 0.000000592. The lowest BCUT2D eigenvalue weighted by Gasteiger charge is -2.11. The molecule has 0 aliphatic carbocycles. The van der Waals surface area contributed by atoms with Gasteiger partial charge in [0, 0.05) is 37.6 Å². The predicted octanol–water partition coefficient (Wildman–Crippen LogP) is 6.73. The summed E-state index contributed by atoms with van der Waals surface area (Å²) in [5.74, 6) is 1.20. The van der Waals surface area contributed by atoms with Gasteiger partial charge in [0.1, 0.15) is 17.8 Å². The zero-order valence-electron chi connectivity index (χ0n) is 30.0. The van der Waals surface area contributed by atoms with Crippen molar-refractivity contribution < 1.29 is 23.9 Å². The van der Waals surface area contributed by atoms with Crippen LogP contribution in [0.5, 0.6) is 11.5 Å². The number of methoxy groups -OCH3 is 2. The first-order valence-corrected chi connectivity index (χ1v) is 16.0. The standard InChI is InChI=1S/C9H13NO.C8H9NO2.2C8H10.C7H12N2O2/c1-10(2)8-4-6-9(11-3)7-5-8;1-11-8-4-2-7(3-5-8)9-6-10;2*1-2-8-6-4-3-5-7-8;1-6(9-4-5-10)2-3-7(8)11/h4-7H,1-3H3;2-6H,1H3,(H,9,10);2*3-7H,2H2,1H3;2-3,5-6,9H,4H2,1H3,(H2,8,11)/b;;;;3-2-. The molecular weight excluding hydrogens is 616 g/mol. The van der Waals surface area contributed by atoms with Gasteiger partial charge in [-0.15, -0.1) is 0 Å². The van der Waals surface area contributed by atoms with E-state index in [2.05, 4.69) is 77.9 Å². The van der Waals surface area contributed by atoms with Crippen molar-refractivity contribution in [1.82, 2.24) is 5.32 Å². The minimum absolute atomic E-state index is 0.00676. The number of aryl methyl sites for hydroxylation is 2. The van der Waals surface area contributed by atoms with Crippen molar-refractivity contribution in [2.75, 3.05) is 45.1 Å². The van der Waals surface area contributed by atoms with E-state index in [0.717, 1.165) is 36.3 Å². The van der Waals surface area contributed by atoms with Gasteiger partial charge in [0.2, 0.25) is 12.3 Å². The first kappa shape index (κ1) is 43.6. The minimum atomic E-state index is -0.482. The lowest BCUT2D eigenvalue weighted by Crippen LogP contribution is -2.26. The summed E-state index contributed by atoms with van der Waals surface area (Å²) >= 11 is 0. The molecule has 4 aromatic rings. The fraction of sp³-hybridized carbons (Fsp3) is 0.275. The van der Waals surface area contributed by atoms with Crippen molar-refractivity contribution in [3.63, 3.8) is 0 Å². The smallest absolute Gasteiger partial charge is 0.241 e. The Hall–Kier alpha value is -5.41. The molecule has 1 atom stereocenters. The second-order valence-corrected chi connectivity index (χ2v) is 10.4. The first-order chi connectivity index (χ1) is 23.6. The number of carbonyl (C=O) groups excluding carboxylic acids is 3. The number of nitrogens with zero attached hydrogens (tertiary/aromatic N) is 1. The maximum Gasteiger partial charge on any atom is 0.241 e. The molecule has 0 spiro atoms. The quantitative estimate of drug-likeness (QED) is 0.113. The fourth-order valence-electron chi connectivity index (χ4n) is 3.60. The van der Waals surface area contributed by atoms with Crippen LogP contribution in [0.15, 0.2) is 121 Å². The van der Waals surface area contributed by atoms with Gasteiger partial charge in [0.25, 0.3) is 0 Å². The lowest BCUT2D eigenvalue weighted by atomic mass is 10.2. The average molecular weight is 671 g/mol. The number of amides is 2. The number of benzene rings is 4. The predicted molar refractivity (Wildman–Crippen MR) is 204 cm³/mol. The second-order valence-electron chi connectivity index (χ2n) is 10.4. The van der Waals surface area contributed by atoms with Crippen LogP contribution in [-0.4, -0.2) is 59.5 Å². The lowest BCUT2D eigenvalue weighted by molar-refractivity contribution is -0.113. The van der Waals surface area contributed by atoms with Crippen molar-refractivity contribution >= 4 is 30.0 Å². The van der Waals surface area contributed by atoms with Crippen LogP contribution < -0.4 is 30.7 Å². The van der Waals surface area contributed by atoms with E-state index >= 15 is 0 Å². The summed E-state index contributed by atoms with van der Waals surface area (Å²) in [5.41, 5.74) is 9.62. The Labute approximate surface area is 293 Å². The Morgan fingerprint density at radius 3 is 1.53 bits per heavy atom. The van der Waals surface area contributed by atoms with Crippen LogP contribution in [0.4, 0.5) is 11.4 Å². The molecule has 0 aliphatic heterocycles. The van der Waals surface area contributed by atoms with E-state index in [-0.39, 0.29) is 12.6 Å². The molecule has 4 aromatic carbocycles. The minimum Gasteiger partial charge on any atom is -0.497 e. The molecular formula is C40H54N4O5. The van der Waals surface area contributed by atoms with Gasteiger partial charge in [0.05, 0.1) is 20.8 Å². The SMILES string of the molecule is CC(/C=C\C(N)=O)NCC=O.CCc1ccccc1.CCc1ccccc1.COc1ccc(N(C)C)cc1.COc1ccc(NC=O)cc1. The zero-order valence-corrected chi connectivity index (χ0v) is 30.0. The number of ether oxygens (including phenoxy) is 2. The Morgan fingerprint density at radius 2 is 1.20 bits per heavy atom. The molecule has 9 heteroatoms. The molecule has 0 saturated carbocycles. The van der Waals surface area contributed by atoms with Crippen LogP contribution in [0.2, 0.25) is 0 Å². The van der Waals surface area contributed by atoms with Gasteiger partial charge < -0.3 is 35.5 Å². The third kappa shape index (κ3) is 23.5. The molecule has 1 unspecified atom stereocenters. The highest BCUT2D eigenvalue weighted by Gasteiger charge is 1.95. The number of anilines is 2. The summed E-state index contributed by atoms with van der Waals surface area (Å²) in [6.45, 7) is 6.43. The average Bonchev–Trinajstić information content (AvgIpc) is 3.15. The highest BCUT2D eigenvalue weighted by molar-refractivity contribution is 5.85. The van der Waals surface area contributed by atoms with E-state index in [1.807, 2.05) is 57.4 Å². The van der Waals surface area contributed by atoms with Crippen LogP contribution >= 0.6 is 0 Å². The number of hydrogen-bond donors (Lipinski definition) is 3. The van der Waals surface area contributed by atoms with E-state index in [9.17, 15) is 14.4 Å². The van der Waals surface area contributed by atoms with Gasteiger partial charge in [-0.2, -0.15) is 0 Å². The van der Waals surface area contributed by atoms with Crippen LogP contribution in [0.3, 0.4) is 0 Å². The number of hydrogen-bond acceptors (Lipinski definition) is 7. The number of primary amides is 1. The van der Waals surface area contributed by atoms with Gasteiger partial charge >= 0.3 is 0 Å². The molecule has 0 fully saturated rings. The number of nitrogens with two attached hydrogens (primary N) is 1. The highest BCUT2D eigenvalue weighted by Crippen LogP contribution is 2.16. The summed E-state index contributed by atoms with van der Waals surface area (Å²) in [4.78, 5) is 32.1. The van der Waals surface area contributed by atoms with E-state index < -0.39 is 5.91 Å². The van der Waals surface area contributed by atoms with Gasteiger partial charge in [0.15, 0.2) is 0 Å². The van der Waals surface area contributed by atoms with E-state index in [4.69, 9.17) is 15.2 Å². The number of aldehydes is 1. The summed E-state index contributed by atoms with van der Waals surface area (Å²) in [6, 6.07) is 36.0. The topological polar surface area (TPSA) is 123 Å². The van der Waals surface area contributed by atoms with Crippen LogP contribution in [0.25, 0.3) is 0 Å². The monoisotopic (exact) mass is 670 g/mol. The molecule has 0 heterocycles. The maximum atomic E-state index is 10.2. The van der Waals surface area contributed by atoms with Crippen LogP contribution in [-0.2, 0) is 27.2 Å². The summed E-state index contributed by atoms with van der Waals surface area (Å²) in [5, 5.41) is 5.35. The molecule has 4 N–H and O–H groups in total. The zero-order chi connectivity index (χ0) is 36.7. The van der Waals surface area contributed by atoms with Crippen molar-refractivity contribution in [1.29, 1.82) is 0 Å². The molecule has 49 heavy (non-hydrogen) atoms. The van der Waals surface area contributed by atoms with Gasteiger partial charge in [-0.05, 0) is 79.4 Å². The first-order valence-electron chi connectivity index (χ1n) is 16.0. The fourth-order valence-corrected chi connectivity index (χ4v) is 3.60. The molecule has 9 nitrogen and oxygen atoms in total. The van der Waals surface area contributed by atoms with Crippen LogP contribution in [0.1, 0.15) is 31.9 Å². The largest absolute Gasteiger partial charge is 0.497 e. The maximum absolute atomic E-state index is 10.2. The van der Waals surface area contributed by atoms with Crippen molar-refractivity contribution in [3.8, 4) is 11.5 Å². The summed E-state index contributed by atoms with van der Waals surface area (Å²) in [6.07, 6.45) is 6.55. The van der Waals surface area contributed by atoms with Gasteiger partial charge in [-0.1, -0.05) is 80.6 Å². The van der Waals surface area contributed by atoms with E-state index in [0.29, 0.717) is 6.41 Å². The molecule has 0 bridgehead atoms. The van der Waals surface area contributed by atoms with Gasteiger partial charge in [-0.3, -0.25) is 9.59 Å². The molecule has 0 saturated heterocycles. The molecule has 4 rings (SSSR count). The summed E-state index contributed by atoms with van der Waals surface area (Å²) in [7, 11) is 7.30. The van der Waals surface area contributed by atoms with Crippen molar-refractivity contribution in [2.45, 2.75) is 39.7 Å². The normalized spacial score (nSPS) is 10.0. The molecule has 2 amide bonds. The van der Waals surface area contributed by atoms with Crippen molar-refractivity contribution in [2.24, 2.45) is 5.73 Å². The van der Waals surface area contributed by atoms with Crippen LogP contribution in [0, 0.1) is 0 Å². The Morgan fingerprint density at radius 1 is 0.755 bits per heavy atom. The Bertz CT molecular complexity index is 1370. The molecule has 0 aliphatic rings. The second kappa shape index (κ2) is 28.8. The number of rotatable bonds is 12. The Kier molecular flexibility index (Phi) is 25.6. The third-order valence-electron chi connectivity index (χ3n) is 6.48. The molecule has 264 valence electrons. The number of nitrogens with one attached hydrogen (secondary N) is 2. The van der Waals surface area contributed by atoms with E-state index in [1.54, 1.807) is 44.6 Å². The van der Waals surface area contributed by atoms with Crippen molar-refractivity contribution in [3.05, 3.63) is 132 Å². The number of carbonyl (C=O) groups is 3. The highest BCUT2D eigenvalue weighted by atomic mass is 16.5. The van der Waals surface area contributed by atoms with E-state index in [1.165, 1.54) is 22.9 Å². The third-order valence-corrected chi connectivity index (χ3v) is 6.48. The van der Waals surface area contributed by atoms with Gasteiger partial charge in [-0.25, -0.2) is 0 Å².